The van der Waals surface area contributed by atoms with Crippen LogP contribution in [0.4, 0.5) is 39.4 Å². The van der Waals surface area contributed by atoms with Crippen LogP contribution in [0, 0.1) is 0 Å². The second-order valence-corrected chi connectivity index (χ2v) is 18.1. The van der Waals surface area contributed by atoms with Crippen LogP contribution in [-0.4, -0.2) is 123 Å². The number of carbonyl (C=O) groups excluding carboxylic acids is 3. The molecule has 67 heavy (non-hydrogen) atoms. The molecule has 22 heteroatoms. The van der Waals surface area contributed by atoms with Gasteiger partial charge < -0.3 is 51.0 Å². The molecule has 352 valence electrons. The number of anilines is 6. The van der Waals surface area contributed by atoms with Crippen LogP contribution in [0.2, 0.25) is 0 Å². The van der Waals surface area contributed by atoms with Gasteiger partial charge in [0.05, 0.1) is 24.6 Å². The molecule has 0 aliphatic heterocycles. The molecular formula is C45H54N14O8. The Labute approximate surface area is 384 Å². The van der Waals surface area contributed by atoms with E-state index in [2.05, 4.69) is 56.7 Å². The van der Waals surface area contributed by atoms with Gasteiger partial charge in [0.1, 0.15) is 63.6 Å². The Morgan fingerprint density at radius 3 is 1.67 bits per heavy atom. The predicted octanol–water partition coefficient (Wildman–Crippen LogP) is 4.74. The monoisotopic (exact) mass is 918 g/mol. The smallest absolute Gasteiger partial charge is 0.415 e. The van der Waals surface area contributed by atoms with Crippen LogP contribution in [0.25, 0.3) is 11.3 Å². The van der Waals surface area contributed by atoms with Gasteiger partial charge in [-0.25, -0.2) is 24.7 Å². The molecule has 0 radical (unpaired) electrons. The van der Waals surface area contributed by atoms with E-state index < -0.39 is 17.8 Å². The maximum atomic E-state index is 13.0. The summed E-state index contributed by atoms with van der Waals surface area (Å²) in [6.45, 7) is 5.35. The first-order valence-electron chi connectivity index (χ1n) is 22.3. The summed E-state index contributed by atoms with van der Waals surface area (Å²) in [6, 6.07) is 10.6. The largest absolute Gasteiger partial charge is 0.473 e. The number of aliphatic hydroxyl groups excluding tert-OH is 2. The molecule has 0 spiro atoms. The minimum absolute atomic E-state index is 0.0231. The Morgan fingerprint density at radius 2 is 1.21 bits per heavy atom. The first-order valence-corrected chi connectivity index (χ1v) is 22.3. The van der Waals surface area contributed by atoms with Gasteiger partial charge in [-0.05, 0) is 96.4 Å². The highest BCUT2D eigenvalue weighted by atomic mass is 16.6. The number of carbonyl (C=O) groups is 3. The normalized spacial score (nSPS) is 19.7. The highest BCUT2D eigenvalue weighted by molar-refractivity contribution is 6.01. The number of hydrogen-bond acceptors (Lipinski definition) is 17. The van der Waals surface area contributed by atoms with E-state index in [1.54, 1.807) is 70.0 Å². The maximum absolute atomic E-state index is 13.0. The summed E-state index contributed by atoms with van der Waals surface area (Å²) in [4.78, 5) is 57.9. The molecule has 6 aromatic heterocycles. The van der Waals surface area contributed by atoms with Gasteiger partial charge in [-0.15, -0.1) is 0 Å². The van der Waals surface area contributed by atoms with E-state index in [1.165, 1.54) is 21.8 Å². The van der Waals surface area contributed by atoms with E-state index in [1.807, 2.05) is 18.2 Å². The van der Waals surface area contributed by atoms with Crippen LogP contribution in [0.3, 0.4) is 0 Å². The minimum Gasteiger partial charge on any atom is -0.473 e. The van der Waals surface area contributed by atoms with Crippen molar-refractivity contribution in [1.29, 1.82) is 0 Å². The number of aliphatic hydroxyl groups is 2. The lowest BCUT2D eigenvalue weighted by molar-refractivity contribution is 0.0553. The fourth-order valence-electron chi connectivity index (χ4n) is 7.26. The zero-order valence-corrected chi connectivity index (χ0v) is 37.8. The van der Waals surface area contributed by atoms with Crippen LogP contribution >= 0.6 is 0 Å². The number of nitrogens with one attached hydrogen (secondary N) is 5. The molecule has 6 aromatic rings. The first kappa shape index (κ1) is 44.9. The van der Waals surface area contributed by atoms with Crippen molar-refractivity contribution < 1.29 is 38.8 Å². The lowest BCUT2D eigenvalue weighted by Crippen LogP contribution is -2.46. The van der Waals surface area contributed by atoms with E-state index >= 15 is 0 Å². The van der Waals surface area contributed by atoms with Crippen molar-refractivity contribution in [2.24, 2.45) is 0 Å². The summed E-state index contributed by atoms with van der Waals surface area (Å²) in [5, 5.41) is 43.1. The molecule has 10 rings (SSSR count). The van der Waals surface area contributed by atoms with Gasteiger partial charge >= 0.3 is 6.09 Å². The van der Waals surface area contributed by atoms with Gasteiger partial charge in [0, 0.05) is 50.7 Å². The van der Waals surface area contributed by atoms with Crippen LogP contribution < -0.4 is 41.0 Å². The number of nitrogens with zero attached hydrogens (tertiary/aromatic N) is 9. The van der Waals surface area contributed by atoms with Gasteiger partial charge in [-0.3, -0.25) is 14.5 Å². The molecule has 4 saturated carbocycles. The maximum Gasteiger partial charge on any atom is 0.415 e. The Balaban J connectivity index is 0.000000171. The van der Waals surface area contributed by atoms with Crippen LogP contribution in [0.5, 0.6) is 11.8 Å². The predicted molar refractivity (Wildman–Crippen MR) is 245 cm³/mol. The molecule has 0 atom stereocenters. The lowest BCUT2D eigenvalue weighted by Gasteiger charge is -2.31. The van der Waals surface area contributed by atoms with Crippen molar-refractivity contribution in [3.05, 3.63) is 72.3 Å². The molecule has 0 saturated heterocycles. The third-order valence-corrected chi connectivity index (χ3v) is 11.3. The number of amides is 3. The average Bonchev–Trinajstić information content (AvgIpc) is 4.19. The van der Waals surface area contributed by atoms with Gasteiger partial charge in [-0.1, -0.05) is 0 Å². The number of aromatic nitrogens is 8. The Bertz CT molecular complexity index is 2790. The van der Waals surface area contributed by atoms with Crippen molar-refractivity contribution in [1.82, 2.24) is 49.8 Å². The quantitative estimate of drug-likeness (QED) is 0.0778. The van der Waals surface area contributed by atoms with Crippen molar-refractivity contribution >= 4 is 63.8 Å². The third kappa shape index (κ3) is 10.5. The van der Waals surface area contributed by atoms with Crippen molar-refractivity contribution in [3.8, 4) is 11.8 Å². The molecule has 4 fully saturated rings. The van der Waals surface area contributed by atoms with E-state index in [0.717, 1.165) is 25.7 Å². The molecular weight excluding hydrogens is 865 g/mol. The van der Waals surface area contributed by atoms with E-state index in [4.69, 9.17) is 14.2 Å². The average molecular weight is 919 g/mol. The zero-order valence-electron chi connectivity index (χ0n) is 37.8. The van der Waals surface area contributed by atoms with Crippen LogP contribution in [0.1, 0.15) is 92.9 Å². The third-order valence-electron chi connectivity index (χ3n) is 11.3. The summed E-state index contributed by atoms with van der Waals surface area (Å²) < 4.78 is 20.3. The molecule has 0 bridgehead atoms. The summed E-state index contributed by atoms with van der Waals surface area (Å²) in [7, 11) is 3.34. The molecule has 6 heterocycles. The van der Waals surface area contributed by atoms with E-state index in [9.17, 15) is 24.6 Å². The highest BCUT2D eigenvalue weighted by Gasteiger charge is 2.33. The molecule has 3 amide bonds. The number of hydrogen-bond donors (Lipinski definition) is 7. The van der Waals surface area contributed by atoms with Gasteiger partial charge in [0.15, 0.2) is 11.3 Å². The molecule has 4 aliphatic rings. The number of ether oxygens (including phenoxy) is 3. The van der Waals surface area contributed by atoms with Gasteiger partial charge in [-0.2, -0.15) is 19.2 Å². The summed E-state index contributed by atoms with van der Waals surface area (Å²) >= 11 is 0. The standard InChI is InChI=1S/C25H31N7O5.C20H23N7O3/c1-25(2,3)37-24(35)31(4)20-12-19(29-18-6-5-9-26-23(18)36-16-7-8-16)30-21-17(13-27-32(20)21)22(34)28-14-10-15(33)11-14;1-21-17-9-16(25-15-3-2-6-22-20(15)30-13-4-5-13)26-18-14(10-23-27(17)18)19(29)24-11-7-12(28)8-11/h5-6,9,12-16,33H,7-8,10-11H2,1-4H3,(H,28,34)(H,29,30);2-3,6,9-13,21,28H,4-5,7-8H2,1H3,(H,24,29)(H,25,26). The SMILES string of the molecule is CN(C(=O)OC(C)(C)C)c1cc(Nc2cccnc2OC2CC2)nc2c(C(=O)NC3CC(O)C3)cnn12.CNc1cc(Nc2cccnc2OC2CC2)nc2c(C(=O)NC3CC(O)C3)cnn12. The van der Waals surface area contributed by atoms with Crippen molar-refractivity contribution in [2.45, 2.75) is 114 Å². The number of pyridine rings is 2. The first-order chi connectivity index (χ1) is 32.2. The molecule has 0 aromatic carbocycles. The molecule has 7 N–H and O–H groups in total. The minimum atomic E-state index is -0.703. The second-order valence-electron chi connectivity index (χ2n) is 18.1. The summed E-state index contributed by atoms with van der Waals surface area (Å²) in [6.07, 6.45) is 11.5. The Hall–Kier alpha value is -7.33. The summed E-state index contributed by atoms with van der Waals surface area (Å²) in [5.41, 5.74) is 1.90. The Morgan fingerprint density at radius 1 is 0.731 bits per heavy atom. The molecule has 22 nitrogen and oxygen atoms in total. The van der Waals surface area contributed by atoms with Crippen LogP contribution in [0.15, 0.2) is 61.2 Å². The molecule has 0 unspecified atom stereocenters. The van der Waals surface area contributed by atoms with Gasteiger partial charge in [0.2, 0.25) is 11.8 Å². The fourth-order valence-corrected chi connectivity index (χ4v) is 7.26. The van der Waals surface area contributed by atoms with E-state index in [-0.39, 0.29) is 53.4 Å². The van der Waals surface area contributed by atoms with E-state index in [0.29, 0.717) is 83.3 Å². The second kappa shape index (κ2) is 18.5. The van der Waals surface area contributed by atoms with Crippen LogP contribution in [-0.2, 0) is 4.74 Å². The van der Waals surface area contributed by atoms with Crippen molar-refractivity contribution in [3.63, 3.8) is 0 Å². The Kier molecular flexibility index (Phi) is 12.4. The number of fused-ring (bicyclic) bond motifs is 2. The highest BCUT2D eigenvalue weighted by Crippen LogP contribution is 2.34. The summed E-state index contributed by atoms with van der Waals surface area (Å²) in [5.74, 6) is 2.28. The van der Waals surface area contributed by atoms with Crippen molar-refractivity contribution in [2.75, 3.05) is 34.9 Å². The topological polar surface area (TPSA) is 269 Å². The number of rotatable bonds is 14. The van der Waals surface area contributed by atoms with Gasteiger partial charge in [0.25, 0.3) is 11.8 Å². The lowest BCUT2D eigenvalue weighted by atomic mass is 9.89. The molecule has 4 aliphatic carbocycles. The fraction of sp³-hybridized carbons (Fsp3) is 0.444. The zero-order chi connectivity index (χ0) is 47.0.